The van der Waals surface area contributed by atoms with Crippen LogP contribution in [0.2, 0.25) is 0 Å². The maximum Gasteiger partial charge on any atom is 0.208 e. The molecule has 1 aromatic rings. The second-order valence-electron chi connectivity index (χ2n) is 6.11. The molecule has 0 saturated heterocycles. The monoisotopic (exact) mass is 266 g/mol. The Balaban J connectivity index is 1.92. The van der Waals surface area contributed by atoms with Crippen LogP contribution in [0.15, 0.2) is 10.6 Å². The zero-order valence-corrected chi connectivity index (χ0v) is 12.4. The lowest BCUT2D eigenvalue weighted by atomic mass is 9.68. The summed E-state index contributed by atoms with van der Waals surface area (Å²) in [5, 5.41) is 3.26. The maximum atomic E-state index is 5.92. The van der Waals surface area contributed by atoms with E-state index >= 15 is 0 Å². The van der Waals surface area contributed by atoms with Gasteiger partial charge in [-0.05, 0) is 18.3 Å². The Morgan fingerprint density at radius 2 is 2.32 bits per heavy atom. The van der Waals surface area contributed by atoms with Gasteiger partial charge in [-0.1, -0.05) is 26.7 Å². The average molecular weight is 266 g/mol. The highest BCUT2D eigenvalue weighted by Crippen LogP contribution is 2.46. The summed E-state index contributed by atoms with van der Waals surface area (Å²) < 4.78 is 10.9. The van der Waals surface area contributed by atoms with Gasteiger partial charge in [-0.3, -0.25) is 0 Å². The number of methoxy groups -OCH3 is 1. The third-order valence-electron chi connectivity index (χ3n) is 4.18. The highest BCUT2D eigenvalue weighted by atomic mass is 16.5. The number of oxazole rings is 1. The van der Waals surface area contributed by atoms with Gasteiger partial charge in [0.1, 0.15) is 5.76 Å². The number of aromatic nitrogens is 1. The molecule has 1 fully saturated rings. The first-order valence-corrected chi connectivity index (χ1v) is 7.28. The molecule has 1 N–H and O–H groups in total. The summed E-state index contributed by atoms with van der Waals surface area (Å²) in [7, 11) is 1.70. The van der Waals surface area contributed by atoms with Gasteiger partial charge in [-0.25, -0.2) is 4.98 Å². The van der Waals surface area contributed by atoms with E-state index < -0.39 is 0 Å². The number of nitrogens with zero attached hydrogens (tertiary/aromatic N) is 1. The summed E-state index contributed by atoms with van der Waals surface area (Å²) in [6, 6.07) is 0. The molecule has 0 spiro atoms. The van der Waals surface area contributed by atoms with Gasteiger partial charge in [0.15, 0.2) is 0 Å². The zero-order valence-electron chi connectivity index (χ0n) is 12.4. The first-order chi connectivity index (χ1) is 9.13. The molecule has 19 heavy (non-hydrogen) atoms. The van der Waals surface area contributed by atoms with Crippen LogP contribution >= 0.6 is 0 Å². The van der Waals surface area contributed by atoms with Crippen molar-refractivity contribution < 1.29 is 9.15 Å². The quantitative estimate of drug-likeness (QED) is 0.804. The summed E-state index contributed by atoms with van der Waals surface area (Å²) in [5.74, 6) is 2.36. The molecule has 1 aliphatic rings. The minimum Gasteiger partial charge on any atom is -0.444 e. The molecule has 4 nitrogen and oxygen atoms in total. The van der Waals surface area contributed by atoms with Crippen LogP contribution in [0.5, 0.6) is 0 Å². The van der Waals surface area contributed by atoms with Gasteiger partial charge in [0, 0.05) is 19.6 Å². The van der Waals surface area contributed by atoms with Gasteiger partial charge in [-0.2, -0.15) is 0 Å². The first-order valence-electron chi connectivity index (χ1n) is 7.28. The molecule has 1 aliphatic carbocycles. The lowest BCUT2D eigenvalue weighted by Crippen LogP contribution is -2.25. The van der Waals surface area contributed by atoms with Gasteiger partial charge in [0.25, 0.3) is 0 Å². The summed E-state index contributed by atoms with van der Waals surface area (Å²) in [6.07, 6.45) is 7.06. The molecule has 1 atom stereocenters. The Bertz CT molecular complexity index is 387. The SMILES string of the molecule is COCCNCc1ncc(C2CCCCC2(C)C)o1. The predicted octanol–water partition coefficient (Wildman–Crippen LogP) is 3.09. The third-order valence-corrected chi connectivity index (χ3v) is 4.18. The fourth-order valence-electron chi connectivity index (χ4n) is 2.96. The smallest absolute Gasteiger partial charge is 0.208 e. The topological polar surface area (TPSA) is 47.3 Å². The van der Waals surface area contributed by atoms with Crippen molar-refractivity contribution in [3.05, 3.63) is 17.8 Å². The molecule has 1 unspecified atom stereocenters. The molecule has 2 rings (SSSR count). The van der Waals surface area contributed by atoms with Crippen molar-refractivity contribution in [2.75, 3.05) is 20.3 Å². The lowest BCUT2D eigenvalue weighted by Gasteiger charge is -2.37. The van der Waals surface area contributed by atoms with Gasteiger partial charge in [0.2, 0.25) is 5.89 Å². The van der Waals surface area contributed by atoms with E-state index in [1.807, 2.05) is 6.20 Å². The number of ether oxygens (including phenoxy) is 1. The van der Waals surface area contributed by atoms with Crippen molar-refractivity contribution in [2.24, 2.45) is 5.41 Å². The van der Waals surface area contributed by atoms with Gasteiger partial charge >= 0.3 is 0 Å². The second kappa shape index (κ2) is 6.53. The van der Waals surface area contributed by atoms with E-state index in [2.05, 4.69) is 24.1 Å². The fourth-order valence-corrected chi connectivity index (χ4v) is 2.96. The van der Waals surface area contributed by atoms with Gasteiger partial charge < -0.3 is 14.5 Å². The largest absolute Gasteiger partial charge is 0.444 e. The molecule has 0 amide bonds. The van der Waals surface area contributed by atoms with Crippen LogP contribution in [0.25, 0.3) is 0 Å². The Hall–Kier alpha value is -0.870. The van der Waals surface area contributed by atoms with E-state index in [0.717, 1.165) is 18.2 Å². The standard InChI is InChI=1S/C15H26N2O2/c1-15(2)7-5-4-6-12(15)13-10-17-14(19-13)11-16-8-9-18-3/h10,12,16H,4-9,11H2,1-3H3. The van der Waals surface area contributed by atoms with Crippen molar-refractivity contribution in [3.63, 3.8) is 0 Å². The Morgan fingerprint density at radius 3 is 3.05 bits per heavy atom. The van der Waals surface area contributed by atoms with Crippen LogP contribution in [0.1, 0.15) is 57.1 Å². The van der Waals surface area contributed by atoms with Crippen LogP contribution in [-0.4, -0.2) is 25.2 Å². The van der Waals surface area contributed by atoms with Crippen molar-refractivity contribution in [1.82, 2.24) is 10.3 Å². The van der Waals surface area contributed by atoms with E-state index in [-0.39, 0.29) is 0 Å². The number of rotatable bonds is 6. The Labute approximate surface area is 115 Å². The van der Waals surface area contributed by atoms with E-state index in [1.165, 1.54) is 25.7 Å². The highest BCUT2D eigenvalue weighted by Gasteiger charge is 2.35. The molecule has 1 aromatic heterocycles. The molecule has 4 heteroatoms. The van der Waals surface area contributed by atoms with E-state index in [9.17, 15) is 0 Å². The van der Waals surface area contributed by atoms with Crippen LogP contribution in [0.4, 0.5) is 0 Å². The molecule has 0 bridgehead atoms. The molecule has 1 heterocycles. The number of hydrogen-bond donors (Lipinski definition) is 1. The van der Waals surface area contributed by atoms with Crippen molar-refractivity contribution in [1.29, 1.82) is 0 Å². The predicted molar refractivity (Wildman–Crippen MR) is 75.1 cm³/mol. The summed E-state index contributed by atoms with van der Waals surface area (Å²) in [6.45, 7) is 6.90. The average Bonchev–Trinajstić information content (AvgIpc) is 2.82. The fraction of sp³-hybridized carbons (Fsp3) is 0.800. The first kappa shape index (κ1) is 14.5. The summed E-state index contributed by atoms with van der Waals surface area (Å²) >= 11 is 0. The molecule has 1 saturated carbocycles. The Morgan fingerprint density at radius 1 is 1.47 bits per heavy atom. The van der Waals surface area contributed by atoms with E-state index in [4.69, 9.17) is 9.15 Å². The maximum absolute atomic E-state index is 5.92. The molecular weight excluding hydrogens is 240 g/mol. The normalized spacial score (nSPS) is 22.6. The summed E-state index contributed by atoms with van der Waals surface area (Å²) in [4.78, 5) is 4.38. The van der Waals surface area contributed by atoms with Crippen LogP contribution in [-0.2, 0) is 11.3 Å². The van der Waals surface area contributed by atoms with Crippen LogP contribution in [0, 0.1) is 5.41 Å². The molecule has 0 aliphatic heterocycles. The van der Waals surface area contributed by atoms with E-state index in [0.29, 0.717) is 24.5 Å². The van der Waals surface area contributed by atoms with Crippen molar-refractivity contribution in [2.45, 2.75) is 52.0 Å². The molecule has 0 aromatic carbocycles. The van der Waals surface area contributed by atoms with Crippen molar-refractivity contribution in [3.8, 4) is 0 Å². The summed E-state index contributed by atoms with van der Waals surface area (Å²) in [5.41, 5.74) is 0.332. The lowest BCUT2D eigenvalue weighted by molar-refractivity contribution is 0.175. The number of nitrogens with one attached hydrogen (secondary N) is 1. The zero-order chi connectivity index (χ0) is 13.7. The minimum absolute atomic E-state index is 0.332. The molecule has 0 radical (unpaired) electrons. The molecule has 108 valence electrons. The van der Waals surface area contributed by atoms with E-state index in [1.54, 1.807) is 7.11 Å². The highest BCUT2D eigenvalue weighted by molar-refractivity contribution is 5.08. The van der Waals surface area contributed by atoms with Gasteiger partial charge in [0.05, 0.1) is 19.3 Å². The second-order valence-corrected chi connectivity index (χ2v) is 6.11. The molecular formula is C15H26N2O2. The Kier molecular flexibility index (Phi) is 4.99. The number of hydrogen-bond acceptors (Lipinski definition) is 4. The van der Waals surface area contributed by atoms with Crippen molar-refractivity contribution >= 4 is 0 Å². The minimum atomic E-state index is 0.332. The van der Waals surface area contributed by atoms with Crippen LogP contribution < -0.4 is 5.32 Å². The van der Waals surface area contributed by atoms with Gasteiger partial charge in [-0.15, -0.1) is 0 Å². The van der Waals surface area contributed by atoms with Crippen LogP contribution in [0.3, 0.4) is 0 Å². The third kappa shape index (κ3) is 3.80.